The van der Waals surface area contributed by atoms with Gasteiger partial charge in [0.2, 0.25) is 0 Å². The van der Waals surface area contributed by atoms with Crippen molar-refractivity contribution in [3.63, 3.8) is 0 Å². The molecule has 0 bridgehead atoms. The van der Waals surface area contributed by atoms with Gasteiger partial charge in [-0.05, 0) is 53.9 Å². The Balaban J connectivity index is 1.71. The molecular formula is C26H21ClN4O. The van der Waals surface area contributed by atoms with Gasteiger partial charge in [-0.25, -0.2) is 0 Å². The summed E-state index contributed by atoms with van der Waals surface area (Å²) in [6.45, 7) is 4.09. The van der Waals surface area contributed by atoms with Crippen molar-refractivity contribution < 1.29 is 4.74 Å². The number of rotatable bonds is 7. The molecule has 0 aliphatic heterocycles. The van der Waals surface area contributed by atoms with E-state index in [-0.39, 0.29) is 0 Å². The van der Waals surface area contributed by atoms with Crippen molar-refractivity contribution in [1.29, 1.82) is 5.26 Å². The second kappa shape index (κ2) is 9.42. The molecule has 0 saturated carbocycles. The first-order valence-electron chi connectivity index (χ1n) is 9.99. The third-order valence-electron chi connectivity index (χ3n) is 5.03. The van der Waals surface area contributed by atoms with Crippen LogP contribution in [0.2, 0.25) is 5.02 Å². The molecule has 0 aliphatic rings. The summed E-state index contributed by atoms with van der Waals surface area (Å²) in [5.74, 6) is 0.700. The number of hydrogen-bond donors (Lipinski definition) is 2. The van der Waals surface area contributed by atoms with Crippen LogP contribution in [0.4, 0.5) is 17.1 Å². The van der Waals surface area contributed by atoms with Crippen LogP contribution in [-0.2, 0) is 0 Å². The van der Waals surface area contributed by atoms with Gasteiger partial charge in [-0.2, -0.15) is 5.26 Å². The molecule has 2 N–H and O–H groups in total. The maximum absolute atomic E-state index is 9.05. The highest BCUT2D eigenvalue weighted by molar-refractivity contribution is 6.30. The van der Waals surface area contributed by atoms with Gasteiger partial charge in [0.25, 0.3) is 0 Å². The predicted octanol–water partition coefficient (Wildman–Crippen LogP) is 6.80. The zero-order chi connectivity index (χ0) is 22.5. The number of aromatic nitrogens is 1. The average molecular weight is 441 g/mol. The molecule has 0 saturated heterocycles. The normalized spacial score (nSPS) is 10.4. The lowest BCUT2D eigenvalue weighted by Gasteiger charge is -2.15. The third-order valence-corrected chi connectivity index (χ3v) is 5.28. The number of methoxy groups -OCH3 is 1. The number of nitriles is 1. The molecule has 1 aromatic heterocycles. The van der Waals surface area contributed by atoms with Crippen LogP contribution in [-0.4, -0.2) is 18.6 Å². The SMILES string of the molecule is C=C(C#N)CNc1c(OC)ccc2ccc(-c3cc(Nc4ccc(Cl)cc4)ccn3)cc12. The first kappa shape index (κ1) is 21.2. The van der Waals surface area contributed by atoms with E-state index in [1.165, 1.54) is 0 Å². The lowest BCUT2D eigenvalue weighted by molar-refractivity contribution is 0.417. The van der Waals surface area contributed by atoms with Crippen molar-refractivity contribution in [2.45, 2.75) is 0 Å². The summed E-state index contributed by atoms with van der Waals surface area (Å²) in [6.07, 6.45) is 1.78. The Morgan fingerprint density at radius 2 is 1.84 bits per heavy atom. The number of fused-ring (bicyclic) bond motifs is 1. The predicted molar refractivity (Wildman–Crippen MR) is 132 cm³/mol. The number of halogens is 1. The number of nitrogens with zero attached hydrogens (tertiary/aromatic N) is 2. The first-order valence-corrected chi connectivity index (χ1v) is 10.4. The highest BCUT2D eigenvalue weighted by atomic mass is 35.5. The summed E-state index contributed by atoms with van der Waals surface area (Å²) in [5.41, 5.74) is 4.93. The van der Waals surface area contributed by atoms with Gasteiger partial charge in [0.15, 0.2) is 0 Å². The van der Waals surface area contributed by atoms with Gasteiger partial charge in [0.05, 0.1) is 24.6 Å². The Labute approximate surface area is 191 Å². The number of benzene rings is 3. The van der Waals surface area contributed by atoms with Crippen LogP contribution in [0.5, 0.6) is 5.75 Å². The van der Waals surface area contributed by atoms with Gasteiger partial charge < -0.3 is 15.4 Å². The molecule has 32 heavy (non-hydrogen) atoms. The summed E-state index contributed by atoms with van der Waals surface area (Å²) < 4.78 is 5.55. The van der Waals surface area contributed by atoms with E-state index in [1.54, 1.807) is 13.3 Å². The number of pyridine rings is 1. The largest absolute Gasteiger partial charge is 0.495 e. The second-order valence-electron chi connectivity index (χ2n) is 7.21. The second-order valence-corrected chi connectivity index (χ2v) is 7.65. The fourth-order valence-corrected chi connectivity index (χ4v) is 3.54. The quantitative estimate of drug-likeness (QED) is 0.309. The smallest absolute Gasteiger partial charge is 0.142 e. The van der Waals surface area contributed by atoms with Gasteiger partial charge in [0.1, 0.15) is 5.75 Å². The summed E-state index contributed by atoms with van der Waals surface area (Å²) >= 11 is 5.98. The minimum Gasteiger partial charge on any atom is -0.495 e. The van der Waals surface area contributed by atoms with E-state index in [2.05, 4.69) is 40.4 Å². The standard InChI is InChI=1S/C26H21ClN4O/c1-17(15-28)16-30-26-23-13-19(4-3-18(23)5-10-25(26)32-2)24-14-22(11-12-29-24)31-21-8-6-20(27)7-9-21/h3-14,30H,1,16H2,2H3,(H,29,31). The zero-order valence-corrected chi connectivity index (χ0v) is 18.3. The van der Waals surface area contributed by atoms with Crippen LogP contribution in [0.1, 0.15) is 0 Å². The van der Waals surface area contributed by atoms with Crippen LogP contribution in [0, 0.1) is 11.3 Å². The number of anilines is 3. The number of hydrogen-bond acceptors (Lipinski definition) is 5. The summed E-state index contributed by atoms with van der Waals surface area (Å²) in [7, 11) is 1.63. The van der Waals surface area contributed by atoms with Crippen molar-refractivity contribution in [3.8, 4) is 23.1 Å². The van der Waals surface area contributed by atoms with Crippen molar-refractivity contribution in [2.24, 2.45) is 0 Å². The fourth-order valence-electron chi connectivity index (χ4n) is 3.41. The minimum atomic E-state index is 0.342. The molecule has 0 radical (unpaired) electrons. The summed E-state index contributed by atoms with van der Waals surface area (Å²) in [5, 5.41) is 18.4. The van der Waals surface area contributed by atoms with Gasteiger partial charge in [-0.15, -0.1) is 0 Å². The van der Waals surface area contributed by atoms with Crippen LogP contribution >= 0.6 is 11.6 Å². The first-order chi connectivity index (χ1) is 15.6. The zero-order valence-electron chi connectivity index (χ0n) is 17.5. The van der Waals surface area contributed by atoms with Crippen LogP contribution < -0.4 is 15.4 Å². The molecule has 0 atom stereocenters. The van der Waals surface area contributed by atoms with Crippen molar-refractivity contribution in [1.82, 2.24) is 4.98 Å². The molecule has 0 unspecified atom stereocenters. The van der Waals surface area contributed by atoms with E-state index in [4.69, 9.17) is 21.6 Å². The maximum Gasteiger partial charge on any atom is 0.142 e. The average Bonchev–Trinajstić information content (AvgIpc) is 2.83. The van der Waals surface area contributed by atoms with E-state index >= 15 is 0 Å². The Kier molecular flexibility index (Phi) is 6.25. The molecule has 0 fully saturated rings. The van der Waals surface area contributed by atoms with E-state index in [0.29, 0.717) is 22.9 Å². The van der Waals surface area contributed by atoms with E-state index in [1.807, 2.05) is 54.6 Å². The summed E-state index contributed by atoms with van der Waals surface area (Å²) in [4.78, 5) is 4.56. The molecule has 0 amide bonds. The number of nitrogens with one attached hydrogen (secondary N) is 2. The Bertz CT molecular complexity index is 1330. The van der Waals surface area contributed by atoms with Gasteiger partial charge in [0, 0.05) is 45.7 Å². The van der Waals surface area contributed by atoms with Crippen molar-refractivity contribution in [2.75, 3.05) is 24.3 Å². The minimum absolute atomic E-state index is 0.342. The third kappa shape index (κ3) is 4.66. The van der Waals surface area contributed by atoms with Crippen molar-refractivity contribution in [3.05, 3.63) is 90.1 Å². The highest BCUT2D eigenvalue weighted by Crippen LogP contribution is 2.36. The highest BCUT2D eigenvalue weighted by Gasteiger charge is 2.11. The molecule has 0 spiro atoms. The van der Waals surface area contributed by atoms with E-state index in [0.717, 1.165) is 39.1 Å². The molecule has 158 valence electrons. The van der Waals surface area contributed by atoms with Crippen LogP contribution in [0.15, 0.2) is 85.1 Å². The van der Waals surface area contributed by atoms with Crippen LogP contribution in [0.3, 0.4) is 0 Å². The fraction of sp³-hybridized carbons (Fsp3) is 0.0769. The molecule has 4 rings (SSSR count). The van der Waals surface area contributed by atoms with Crippen LogP contribution in [0.25, 0.3) is 22.0 Å². The van der Waals surface area contributed by atoms with E-state index < -0.39 is 0 Å². The summed E-state index contributed by atoms with van der Waals surface area (Å²) in [6, 6.07) is 23.6. The number of ether oxygens (including phenoxy) is 1. The molecule has 5 nitrogen and oxygen atoms in total. The lowest BCUT2D eigenvalue weighted by atomic mass is 10.0. The molecule has 1 heterocycles. The lowest BCUT2D eigenvalue weighted by Crippen LogP contribution is -2.05. The maximum atomic E-state index is 9.05. The molecule has 4 aromatic rings. The topological polar surface area (TPSA) is 70.0 Å². The Hall–Kier alpha value is -4.01. The monoisotopic (exact) mass is 440 g/mol. The van der Waals surface area contributed by atoms with Gasteiger partial charge in [-0.3, -0.25) is 4.98 Å². The molecule has 6 heteroatoms. The Morgan fingerprint density at radius 3 is 2.59 bits per heavy atom. The van der Waals surface area contributed by atoms with E-state index in [9.17, 15) is 0 Å². The van der Waals surface area contributed by atoms with Crippen molar-refractivity contribution >= 4 is 39.4 Å². The molecule has 0 aliphatic carbocycles. The molecular weight excluding hydrogens is 420 g/mol. The van der Waals surface area contributed by atoms with Gasteiger partial charge >= 0.3 is 0 Å². The van der Waals surface area contributed by atoms with Gasteiger partial charge in [-0.1, -0.05) is 36.4 Å². The Morgan fingerprint density at radius 1 is 1.06 bits per heavy atom. The molecule has 3 aromatic carbocycles.